The lowest BCUT2D eigenvalue weighted by atomic mass is 9.87. The first-order chi connectivity index (χ1) is 8.96. The van der Waals surface area contributed by atoms with Gasteiger partial charge in [0.2, 0.25) is 0 Å². The highest BCUT2D eigenvalue weighted by molar-refractivity contribution is 6.30. The highest BCUT2D eigenvalue weighted by Gasteiger charge is 2.21. The first-order valence-corrected chi connectivity index (χ1v) is 6.61. The highest BCUT2D eigenvalue weighted by Crippen LogP contribution is 2.21. The van der Waals surface area contributed by atoms with Crippen LogP contribution in [0.3, 0.4) is 0 Å². The number of halogens is 2. The van der Waals surface area contributed by atoms with Gasteiger partial charge in [0, 0.05) is 10.6 Å². The molecule has 2 aromatic rings. The number of rotatable bonds is 4. The number of nitrogens with two attached hydrogens (primary N) is 1. The second-order valence-electron chi connectivity index (χ2n) is 5.23. The van der Waals surface area contributed by atoms with Gasteiger partial charge in [-0.1, -0.05) is 48.0 Å². The van der Waals surface area contributed by atoms with Gasteiger partial charge in [-0.3, -0.25) is 0 Å². The van der Waals surface area contributed by atoms with E-state index in [9.17, 15) is 4.39 Å². The third kappa shape index (κ3) is 4.05. The van der Waals surface area contributed by atoms with Crippen molar-refractivity contribution in [2.45, 2.75) is 25.3 Å². The molecule has 0 spiro atoms. The summed E-state index contributed by atoms with van der Waals surface area (Å²) in [6.07, 6.45) is 1.18. The molecule has 1 nitrogen and oxygen atoms in total. The van der Waals surface area contributed by atoms with Crippen LogP contribution in [0.5, 0.6) is 0 Å². The number of benzene rings is 2. The first kappa shape index (κ1) is 14.0. The predicted octanol–water partition coefficient (Wildman–Crippen LogP) is 3.98. The van der Waals surface area contributed by atoms with Gasteiger partial charge in [-0.25, -0.2) is 4.39 Å². The minimum absolute atomic E-state index is 0.294. The summed E-state index contributed by atoms with van der Waals surface area (Å²) in [5.74, 6) is -0.294. The highest BCUT2D eigenvalue weighted by atomic mass is 35.5. The summed E-state index contributed by atoms with van der Waals surface area (Å²) in [6, 6.07) is 14.7. The van der Waals surface area contributed by atoms with Gasteiger partial charge < -0.3 is 5.73 Å². The van der Waals surface area contributed by atoms with Crippen molar-refractivity contribution in [3.05, 3.63) is 70.5 Å². The van der Waals surface area contributed by atoms with Crippen molar-refractivity contribution < 1.29 is 4.39 Å². The van der Waals surface area contributed by atoms with Gasteiger partial charge >= 0.3 is 0 Å². The lowest BCUT2D eigenvalue weighted by Gasteiger charge is -2.25. The fraction of sp³-hybridized carbons (Fsp3) is 0.250. The topological polar surface area (TPSA) is 26.0 Å². The summed E-state index contributed by atoms with van der Waals surface area (Å²) in [7, 11) is 0. The predicted molar refractivity (Wildman–Crippen MR) is 77.9 cm³/mol. The van der Waals surface area contributed by atoms with E-state index in [2.05, 4.69) is 0 Å². The Labute approximate surface area is 118 Å². The second kappa shape index (κ2) is 5.72. The molecule has 3 heteroatoms. The zero-order chi connectivity index (χ0) is 13.9. The molecular formula is C16H17ClFN. The van der Waals surface area contributed by atoms with Crippen LogP contribution in [0.25, 0.3) is 0 Å². The zero-order valence-electron chi connectivity index (χ0n) is 10.9. The number of hydrogen-bond donors (Lipinski definition) is 1. The molecule has 1 unspecified atom stereocenters. The summed E-state index contributed by atoms with van der Waals surface area (Å²) in [5, 5.41) is 0.406. The summed E-state index contributed by atoms with van der Waals surface area (Å²) in [5.41, 5.74) is 7.55. The zero-order valence-corrected chi connectivity index (χ0v) is 11.6. The molecule has 0 bridgehead atoms. The van der Waals surface area contributed by atoms with Crippen LogP contribution in [0.2, 0.25) is 5.02 Å². The van der Waals surface area contributed by atoms with Crippen molar-refractivity contribution in [2.24, 2.45) is 5.73 Å². The Balaban J connectivity index is 2.12. The average molecular weight is 278 g/mol. The summed E-state index contributed by atoms with van der Waals surface area (Å²) in [6.45, 7) is 1.94. The number of hydrogen-bond acceptors (Lipinski definition) is 1. The van der Waals surface area contributed by atoms with Gasteiger partial charge in [-0.2, -0.15) is 0 Å². The Hall–Kier alpha value is -1.38. The second-order valence-corrected chi connectivity index (χ2v) is 5.67. The van der Waals surface area contributed by atoms with E-state index in [4.69, 9.17) is 17.3 Å². The van der Waals surface area contributed by atoms with Crippen LogP contribution < -0.4 is 5.73 Å². The average Bonchev–Trinajstić information content (AvgIpc) is 2.33. The molecule has 0 aliphatic carbocycles. The van der Waals surface area contributed by atoms with Crippen LogP contribution in [0, 0.1) is 5.82 Å². The Morgan fingerprint density at radius 2 is 1.79 bits per heavy atom. The van der Waals surface area contributed by atoms with E-state index in [1.54, 1.807) is 12.1 Å². The fourth-order valence-corrected chi connectivity index (χ4v) is 2.38. The van der Waals surface area contributed by atoms with Crippen LogP contribution >= 0.6 is 11.6 Å². The van der Waals surface area contributed by atoms with Crippen LogP contribution in [-0.4, -0.2) is 5.54 Å². The molecule has 0 saturated heterocycles. The van der Waals surface area contributed by atoms with E-state index < -0.39 is 5.54 Å². The quantitative estimate of drug-likeness (QED) is 0.899. The third-order valence-electron chi connectivity index (χ3n) is 3.06. The molecule has 2 rings (SSSR count). The van der Waals surface area contributed by atoms with Crippen molar-refractivity contribution in [2.75, 3.05) is 0 Å². The van der Waals surface area contributed by atoms with Crippen molar-refractivity contribution >= 4 is 11.6 Å². The molecule has 0 fully saturated rings. The maximum Gasteiger partial charge on any atom is 0.127 e. The minimum Gasteiger partial charge on any atom is -0.325 e. The fourth-order valence-electron chi connectivity index (χ4n) is 2.22. The van der Waals surface area contributed by atoms with Crippen molar-refractivity contribution in [3.8, 4) is 0 Å². The molecule has 0 aromatic heterocycles. The molecule has 100 valence electrons. The molecule has 0 aliphatic rings. The standard InChI is InChI=1S/C16H17ClFN/c1-16(19,10-12-5-3-2-4-6-12)11-13-7-8-14(17)9-15(13)18/h2-9H,10-11,19H2,1H3. The minimum atomic E-state index is -0.490. The van der Waals surface area contributed by atoms with Gasteiger partial charge in [0.25, 0.3) is 0 Å². The van der Waals surface area contributed by atoms with Crippen LogP contribution in [0.1, 0.15) is 18.1 Å². The van der Waals surface area contributed by atoms with Crippen LogP contribution in [0.15, 0.2) is 48.5 Å². The molecular weight excluding hydrogens is 261 g/mol. The lowest BCUT2D eigenvalue weighted by molar-refractivity contribution is 0.451. The molecule has 0 heterocycles. The Kier molecular flexibility index (Phi) is 4.23. The molecule has 1 atom stereocenters. The van der Waals surface area contributed by atoms with Gasteiger partial charge in [-0.15, -0.1) is 0 Å². The monoisotopic (exact) mass is 277 g/mol. The van der Waals surface area contributed by atoms with Gasteiger partial charge in [0.1, 0.15) is 5.82 Å². The van der Waals surface area contributed by atoms with Gasteiger partial charge in [0.15, 0.2) is 0 Å². The summed E-state index contributed by atoms with van der Waals surface area (Å²) >= 11 is 5.75. The van der Waals surface area contributed by atoms with E-state index in [1.165, 1.54) is 6.07 Å². The molecule has 0 amide bonds. The summed E-state index contributed by atoms with van der Waals surface area (Å²) < 4.78 is 13.8. The normalized spacial score (nSPS) is 14.1. The Morgan fingerprint density at radius 1 is 1.11 bits per heavy atom. The molecule has 19 heavy (non-hydrogen) atoms. The van der Waals surface area contributed by atoms with Gasteiger partial charge in [0.05, 0.1) is 0 Å². The smallest absolute Gasteiger partial charge is 0.127 e. The molecule has 0 aliphatic heterocycles. The van der Waals surface area contributed by atoms with Crippen LogP contribution in [0.4, 0.5) is 4.39 Å². The van der Waals surface area contributed by atoms with E-state index in [0.717, 1.165) is 5.56 Å². The maximum absolute atomic E-state index is 13.8. The lowest BCUT2D eigenvalue weighted by Crippen LogP contribution is -2.41. The van der Waals surface area contributed by atoms with Gasteiger partial charge in [-0.05, 0) is 43.0 Å². The largest absolute Gasteiger partial charge is 0.325 e. The summed E-state index contributed by atoms with van der Waals surface area (Å²) in [4.78, 5) is 0. The molecule has 0 saturated carbocycles. The Bertz CT molecular complexity index is 552. The van der Waals surface area contributed by atoms with E-state index in [0.29, 0.717) is 23.4 Å². The van der Waals surface area contributed by atoms with Crippen molar-refractivity contribution in [3.63, 3.8) is 0 Å². The third-order valence-corrected chi connectivity index (χ3v) is 3.30. The molecule has 2 N–H and O–H groups in total. The van der Waals surface area contributed by atoms with E-state index in [1.807, 2.05) is 37.3 Å². The first-order valence-electron chi connectivity index (χ1n) is 6.23. The van der Waals surface area contributed by atoms with E-state index in [-0.39, 0.29) is 5.82 Å². The molecule has 0 radical (unpaired) electrons. The van der Waals surface area contributed by atoms with Crippen molar-refractivity contribution in [1.82, 2.24) is 0 Å². The van der Waals surface area contributed by atoms with Crippen molar-refractivity contribution in [1.29, 1.82) is 0 Å². The molecule has 2 aromatic carbocycles. The SMILES string of the molecule is CC(N)(Cc1ccccc1)Cc1ccc(Cl)cc1F. The maximum atomic E-state index is 13.8. The van der Waals surface area contributed by atoms with E-state index >= 15 is 0 Å². The van der Waals surface area contributed by atoms with Crippen LogP contribution in [-0.2, 0) is 12.8 Å². The Morgan fingerprint density at radius 3 is 2.42 bits per heavy atom.